The molecule has 14 heavy (non-hydrogen) atoms. The summed E-state index contributed by atoms with van der Waals surface area (Å²) in [5.74, 6) is 0.296. The number of amides is 1. The van der Waals surface area contributed by atoms with E-state index in [4.69, 9.17) is 0 Å². The summed E-state index contributed by atoms with van der Waals surface area (Å²) in [6, 6.07) is 2.96. The first-order valence-corrected chi connectivity index (χ1v) is 4.56. The van der Waals surface area contributed by atoms with Crippen molar-refractivity contribution in [2.75, 3.05) is 5.32 Å². The number of carbonyl (C=O) groups is 1. The van der Waals surface area contributed by atoms with Crippen molar-refractivity contribution < 1.29 is 4.79 Å². The Hall–Kier alpha value is -1.58. The Morgan fingerprint density at radius 3 is 2.71 bits per heavy atom. The minimum absolute atomic E-state index is 0.0351. The normalized spacial score (nSPS) is 10.2. The van der Waals surface area contributed by atoms with Crippen molar-refractivity contribution in [2.24, 2.45) is 5.92 Å². The van der Waals surface area contributed by atoms with Crippen molar-refractivity contribution in [2.45, 2.75) is 20.3 Å². The fourth-order valence-corrected chi connectivity index (χ4v) is 1.07. The van der Waals surface area contributed by atoms with Crippen LogP contribution in [-0.2, 0) is 4.79 Å². The van der Waals surface area contributed by atoms with Gasteiger partial charge in [-0.3, -0.25) is 9.59 Å². The number of aromatic amines is 1. The Kier molecular flexibility index (Phi) is 3.45. The molecule has 0 saturated heterocycles. The standard InChI is InChI=1S/C10H14N2O2/c1-7(2)5-10(14)12-8-3-4-9(13)11-6-8/h3-4,6-7H,5H2,1-2H3,(H,11,13)(H,12,14). The van der Waals surface area contributed by atoms with E-state index in [0.29, 0.717) is 18.0 Å². The molecule has 76 valence electrons. The summed E-state index contributed by atoms with van der Waals surface area (Å²) in [5.41, 5.74) is 0.446. The Labute approximate surface area is 82.3 Å². The molecule has 4 nitrogen and oxygen atoms in total. The number of hydrogen-bond acceptors (Lipinski definition) is 2. The van der Waals surface area contributed by atoms with Crippen LogP contribution in [0.25, 0.3) is 0 Å². The average molecular weight is 194 g/mol. The first kappa shape index (κ1) is 10.5. The number of nitrogens with one attached hydrogen (secondary N) is 2. The lowest BCUT2D eigenvalue weighted by Crippen LogP contribution is -2.15. The number of anilines is 1. The van der Waals surface area contributed by atoms with Crippen molar-refractivity contribution in [3.8, 4) is 0 Å². The van der Waals surface area contributed by atoms with Gasteiger partial charge in [-0.1, -0.05) is 13.8 Å². The molecular weight excluding hydrogens is 180 g/mol. The predicted octanol–water partition coefficient (Wildman–Crippen LogP) is 1.36. The molecule has 0 radical (unpaired) electrons. The van der Waals surface area contributed by atoms with E-state index in [9.17, 15) is 9.59 Å². The third-order valence-electron chi connectivity index (χ3n) is 1.66. The highest BCUT2D eigenvalue weighted by Gasteiger charge is 2.04. The molecule has 0 spiro atoms. The van der Waals surface area contributed by atoms with Gasteiger partial charge in [0.15, 0.2) is 0 Å². The van der Waals surface area contributed by atoms with Gasteiger partial charge in [0.05, 0.1) is 5.69 Å². The summed E-state index contributed by atoms with van der Waals surface area (Å²) < 4.78 is 0. The summed E-state index contributed by atoms with van der Waals surface area (Å²) in [7, 11) is 0. The molecule has 0 aliphatic heterocycles. The SMILES string of the molecule is CC(C)CC(=O)Nc1ccc(=O)[nH]c1. The van der Waals surface area contributed by atoms with Crippen LogP contribution in [-0.4, -0.2) is 10.9 Å². The van der Waals surface area contributed by atoms with Crippen molar-refractivity contribution in [1.29, 1.82) is 0 Å². The maximum absolute atomic E-state index is 11.3. The zero-order valence-corrected chi connectivity index (χ0v) is 8.33. The van der Waals surface area contributed by atoms with Gasteiger partial charge in [-0.25, -0.2) is 0 Å². The van der Waals surface area contributed by atoms with Crippen LogP contribution in [0, 0.1) is 5.92 Å². The molecule has 1 aromatic rings. The molecule has 1 rings (SSSR count). The molecule has 2 N–H and O–H groups in total. The lowest BCUT2D eigenvalue weighted by molar-refractivity contribution is -0.116. The molecule has 1 aromatic heterocycles. The van der Waals surface area contributed by atoms with Crippen LogP contribution >= 0.6 is 0 Å². The van der Waals surface area contributed by atoms with Crippen molar-refractivity contribution in [1.82, 2.24) is 4.98 Å². The topological polar surface area (TPSA) is 62.0 Å². The summed E-state index contributed by atoms with van der Waals surface area (Å²) in [4.78, 5) is 24.5. The maximum atomic E-state index is 11.3. The van der Waals surface area contributed by atoms with Crippen LogP contribution < -0.4 is 10.9 Å². The smallest absolute Gasteiger partial charge is 0.248 e. The summed E-state index contributed by atoms with van der Waals surface area (Å²) in [6.45, 7) is 3.96. The molecule has 1 heterocycles. The van der Waals surface area contributed by atoms with Gasteiger partial charge in [0.2, 0.25) is 11.5 Å². The van der Waals surface area contributed by atoms with Crippen molar-refractivity contribution in [3.05, 3.63) is 28.7 Å². The molecule has 0 aliphatic carbocycles. The second kappa shape index (κ2) is 4.60. The molecular formula is C10H14N2O2. The Morgan fingerprint density at radius 2 is 2.21 bits per heavy atom. The molecule has 0 aliphatic rings. The van der Waals surface area contributed by atoms with E-state index in [-0.39, 0.29) is 11.5 Å². The fraction of sp³-hybridized carbons (Fsp3) is 0.400. The number of pyridine rings is 1. The molecule has 0 bridgehead atoms. The highest BCUT2D eigenvalue weighted by atomic mass is 16.1. The number of aromatic nitrogens is 1. The third kappa shape index (κ3) is 3.43. The lowest BCUT2D eigenvalue weighted by Gasteiger charge is -2.05. The highest BCUT2D eigenvalue weighted by Crippen LogP contribution is 2.05. The fourth-order valence-electron chi connectivity index (χ4n) is 1.07. The Balaban J connectivity index is 2.56. The third-order valence-corrected chi connectivity index (χ3v) is 1.66. The minimum atomic E-state index is -0.174. The highest BCUT2D eigenvalue weighted by molar-refractivity contribution is 5.90. The largest absolute Gasteiger partial charge is 0.327 e. The van der Waals surface area contributed by atoms with Crippen LogP contribution in [0.4, 0.5) is 5.69 Å². The number of carbonyl (C=O) groups excluding carboxylic acids is 1. The summed E-state index contributed by atoms with van der Waals surface area (Å²) >= 11 is 0. The zero-order chi connectivity index (χ0) is 10.6. The first-order valence-electron chi connectivity index (χ1n) is 4.56. The molecule has 0 atom stereocenters. The van der Waals surface area contributed by atoms with E-state index in [0.717, 1.165) is 0 Å². The number of hydrogen-bond donors (Lipinski definition) is 2. The molecule has 0 unspecified atom stereocenters. The van der Waals surface area contributed by atoms with Crippen molar-refractivity contribution >= 4 is 11.6 Å². The summed E-state index contributed by atoms with van der Waals surface area (Å²) in [5, 5.41) is 2.69. The Bertz CT molecular complexity index is 348. The monoisotopic (exact) mass is 194 g/mol. The van der Waals surface area contributed by atoms with Gasteiger partial charge in [-0.15, -0.1) is 0 Å². The van der Waals surface area contributed by atoms with Crippen molar-refractivity contribution in [3.63, 3.8) is 0 Å². The number of H-pyrrole nitrogens is 1. The maximum Gasteiger partial charge on any atom is 0.248 e. The van der Waals surface area contributed by atoms with Gasteiger partial charge in [-0.2, -0.15) is 0 Å². The minimum Gasteiger partial charge on any atom is -0.327 e. The second-order valence-corrected chi connectivity index (χ2v) is 3.59. The van der Waals surface area contributed by atoms with E-state index in [2.05, 4.69) is 10.3 Å². The van der Waals surface area contributed by atoms with Crippen LogP contribution in [0.1, 0.15) is 20.3 Å². The van der Waals surface area contributed by atoms with Crippen LogP contribution in [0.2, 0.25) is 0 Å². The van der Waals surface area contributed by atoms with E-state index in [1.54, 1.807) is 6.07 Å². The zero-order valence-electron chi connectivity index (χ0n) is 8.33. The van der Waals surface area contributed by atoms with E-state index in [1.165, 1.54) is 12.3 Å². The van der Waals surface area contributed by atoms with E-state index < -0.39 is 0 Å². The number of rotatable bonds is 3. The van der Waals surface area contributed by atoms with Gasteiger partial charge in [0.1, 0.15) is 0 Å². The van der Waals surface area contributed by atoms with Gasteiger partial charge in [-0.05, 0) is 12.0 Å². The van der Waals surface area contributed by atoms with Gasteiger partial charge in [0.25, 0.3) is 0 Å². The first-order chi connectivity index (χ1) is 6.58. The molecule has 0 aromatic carbocycles. The summed E-state index contributed by atoms with van der Waals surface area (Å²) in [6.07, 6.45) is 1.97. The van der Waals surface area contributed by atoms with Gasteiger partial charge < -0.3 is 10.3 Å². The molecule has 0 saturated carbocycles. The van der Waals surface area contributed by atoms with E-state index in [1.807, 2.05) is 13.8 Å². The molecule has 0 fully saturated rings. The van der Waals surface area contributed by atoms with Gasteiger partial charge in [0, 0.05) is 18.7 Å². The quantitative estimate of drug-likeness (QED) is 0.763. The predicted molar refractivity (Wildman–Crippen MR) is 55.1 cm³/mol. The van der Waals surface area contributed by atoms with Crippen LogP contribution in [0.3, 0.4) is 0 Å². The van der Waals surface area contributed by atoms with Gasteiger partial charge >= 0.3 is 0 Å². The average Bonchev–Trinajstić information content (AvgIpc) is 2.07. The molecule has 4 heteroatoms. The molecule has 1 amide bonds. The lowest BCUT2D eigenvalue weighted by atomic mass is 10.1. The van der Waals surface area contributed by atoms with Crippen LogP contribution in [0.15, 0.2) is 23.1 Å². The Morgan fingerprint density at radius 1 is 1.50 bits per heavy atom. The van der Waals surface area contributed by atoms with E-state index >= 15 is 0 Å². The second-order valence-electron chi connectivity index (χ2n) is 3.59. The van der Waals surface area contributed by atoms with Crippen LogP contribution in [0.5, 0.6) is 0 Å².